The summed E-state index contributed by atoms with van der Waals surface area (Å²) in [5.74, 6) is -0.208. The molecule has 0 bridgehead atoms. The fourth-order valence-corrected chi connectivity index (χ4v) is 2.36. The summed E-state index contributed by atoms with van der Waals surface area (Å²) in [5.41, 5.74) is -0.0756. The summed E-state index contributed by atoms with van der Waals surface area (Å²) in [6, 6.07) is 0. The third-order valence-electron chi connectivity index (χ3n) is 3.70. The summed E-state index contributed by atoms with van der Waals surface area (Å²) in [7, 11) is 1.51. The second kappa shape index (κ2) is 3.16. The third-order valence-corrected chi connectivity index (χ3v) is 3.70. The van der Waals surface area contributed by atoms with E-state index in [1.807, 2.05) is 0 Å². The Bertz CT molecular complexity index is 278. The van der Waals surface area contributed by atoms with Gasteiger partial charge in [0.05, 0.1) is 5.92 Å². The minimum absolute atomic E-state index is 0.0266. The molecule has 1 spiro atoms. The zero-order valence-electron chi connectivity index (χ0n) is 8.71. The molecule has 0 radical (unpaired) electrons. The van der Waals surface area contributed by atoms with E-state index < -0.39 is 6.10 Å². The van der Waals surface area contributed by atoms with Gasteiger partial charge < -0.3 is 4.74 Å². The van der Waals surface area contributed by atoms with Crippen LogP contribution in [0.1, 0.15) is 32.6 Å². The topological polar surface area (TPSA) is 43.4 Å². The highest BCUT2D eigenvalue weighted by Gasteiger charge is 2.57. The molecule has 2 atom stereocenters. The van der Waals surface area contributed by atoms with E-state index in [2.05, 4.69) is 0 Å². The van der Waals surface area contributed by atoms with Crippen LogP contribution in [0.2, 0.25) is 0 Å². The number of carbonyl (C=O) groups is 2. The lowest BCUT2D eigenvalue weighted by atomic mass is 9.95. The molecule has 2 fully saturated rings. The molecular formula is C11H16O3. The van der Waals surface area contributed by atoms with Gasteiger partial charge in [-0.05, 0) is 32.6 Å². The monoisotopic (exact) mass is 196 g/mol. The molecule has 0 amide bonds. The van der Waals surface area contributed by atoms with Crippen molar-refractivity contribution < 1.29 is 14.3 Å². The lowest BCUT2D eigenvalue weighted by Gasteiger charge is -2.13. The van der Waals surface area contributed by atoms with Crippen LogP contribution in [0.15, 0.2) is 0 Å². The molecule has 0 aromatic rings. The van der Waals surface area contributed by atoms with E-state index in [-0.39, 0.29) is 22.9 Å². The molecule has 14 heavy (non-hydrogen) atoms. The molecule has 0 aliphatic heterocycles. The van der Waals surface area contributed by atoms with Crippen molar-refractivity contribution in [2.45, 2.75) is 38.7 Å². The van der Waals surface area contributed by atoms with Crippen LogP contribution in [0.4, 0.5) is 0 Å². The van der Waals surface area contributed by atoms with Crippen LogP contribution in [0.5, 0.6) is 0 Å². The summed E-state index contributed by atoms with van der Waals surface area (Å²) in [4.78, 5) is 23.6. The van der Waals surface area contributed by atoms with Gasteiger partial charge in [-0.25, -0.2) is 0 Å². The van der Waals surface area contributed by atoms with Gasteiger partial charge in [0.1, 0.15) is 11.9 Å². The molecule has 2 unspecified atom stereocenters. The normalized spacial score (nSPS) is 30.7. The number of ketones is 2. The SMILES string of the molecule is COC(C)C(=O)C1CCC2(CC2)C1=O. The average Bonchev–Trinajstić information content (AvgIpc) is 2.90. The van der Waals surface area contributed by atoms with Crippen LogP contribution >= 0.6 is 0 Å². The molecule has 0 saturated heterocycles. The second-order valence-corrected chi connectivity index (χ2v) is 4.52. The van der Waals surface area contributed by atoms with Crippen molar-refractivity contribution in [1.29, 1.82) is 0 Å². The van der Waals surface area contributed by atoms with E-state index in [0.29, 0.717) is 0 Å². The Morgan fingerprint density at radius 3 is 2.57 bits per heavy atom. The lowest BCUT2D eigenvalue weighted by molar-refractivity contribution is -0.138. The first-order valence-corrected chi connectivity index (χ1v) is 5.21. The maximum atomic E-state index is 11.9. The minimum Gasteiger partial charge on any atom is -0.374 e. The highest BCUT2D eigenvalue weighted by atomic mass is 16.5. The van der Waals surface area contributed by atoms with E-state index in [0.717, 1.165) is 25.7 Å². The largest absolute Gasteiger partial charge is 0.374 e. The number of rotatable bonds is 3. The smallest absolute Gasteiger partial charge is 0.171 e. The Labute approximate surface area is 83.8 Å². The highest BCUT2D eigenvalue weighted by Crippen LogP contribution is 2.57. The van der Waals surface area contributed by atoms with Gasteiger partial charge in [0.2, 0.25) is 0 Å². The Morgan fingerprint density at radius 1 is 1.50 bits per heavy atom. The maximum Gasteiger partial charge on any atom is 0.171 e. The summed E-state index contributed by atoms with van der Waals surface area (Å²) >= 11 is 0. The average molecular weight is 196 g/mol. The van der Waals surface area contributed by atoms with Gasteiger partial charge in [0, 0.05) is 12.5 Å². The maximum absolute atomic E-state index is 11.9. The fourth-order valence-electron chi connectivity index (χ4n) is 2.36. The zero-order valence-corrected chi connectivity index (χ0v) is 8.71. The molecule has 2 aliphatic carbocycles. The molecule has 3 heteroatoms. The number of carbonyl (C=O) groups excluding carboxylic acids is 2. The Balaban J connectivity index is 2.06. The predicted octanol–water partition coefficient (Wildman–Crippen LogP) is 1.35. The van der Waals surface area contributed by atoms with Gasteiger partial charge in [-0.15, -0.1) is 0 Å². The van der Waals surface area contributed by atoms with Crippen molar-refractivity contribution in [2.24, 2.45) is 11.3 Å². The molecule has 2 aliphatic rings. The molecular weight excluding hydrogens is 180 g/mol. The Kier molecular flexibility index (Phi) is 2.22. The van der Waals surface area contributed by atoms with Crippen molar-refractivity contribution in [1.82, 2.24) is 0 Å². The fraction of sp³-hybridized carbons (Fsp3) is 0.818. The van der Waals surface area contributed by atoms with Gasteiger partial charge in [0.25, 0.3) is 0 Å². The Hall–Kier alpha value is -0.700. The number of hydrogen-bond acceptors (Lipinski definition) is 3. The molecule has 3 nitrogen and oxygen atoms in total. The molecule has 0 aromatic carbocycles. The van der Waals surface area contributed by atoms with Gasteiger partial charge >= 0.3 is 0 Å². The van der Waals surface area contributed by atoms with E-state index in [4.69, 9.17) is 4.74 Å². The molecule has 78 valence electrons. The number of hydrogen-bond donors (Lipinski definition) is 0. The summed E-state index contributed by atoms with van der Waals surface area (Å²) in [6.07, 6.45) is 3.22. The van der Waals surface area contributed by atoms with E-state index >= 15 is 0 Å². The quantitative estimate of drug-likeness (QED) is 0.640. The van der Waals surface area contributed by atoms with Crippen LogP contribution in [-0.2, 0) is 14.3 Å². The second-order valence-electron chi connectivity index (χ2n) is 4.52. The molecule has 0 N–H and O–H groups in total. The Morgan fingerprint density at radius 2 is 2.14 bits per heavy atom. The van der Waals surface area contributed by atoms with Gasteiger partial charge in [-0.3, -0.25) is 9.59 Å². The van der Waals surface area contributed by atoms with Crippen molar-refractivity contribution in [3.05, 3.63) is 0 Å². The van der Waals surface area contributed by atoms with Gasteiger partial charge in [-0.1, -0.05) is 0 Å². The third kappa shape index (κ3) is 1.31. The van der Waals surface area contributed by atoms with E-state index in [1.54, 1.807) is 6.92 Å². The van der Waals surface area contributed by atoms with Crippen LogP contribution in [0.3, 0.4) is 0 Å². The number of methoxy groups -OCH3 is 1. The van der Waals surface area contributed by atoms with Crippen LogP contribution < -0.4 is 0 Å². The first-order chi connectivity index (χ1) is 6.60. The predicted molar refractivity (Wildman–Crippen MR) is 50.9 cm³/mol. The van der Waals surface area contributed by atoms with Crippen molar-refractivity contribution in [3.8, 4) is 0 Å². The van der Waals surface area contributed by atoms with E-state index in [9.17, 15) is 9.59 Å². The minimum atomic E-state index is -0.433. The number of Topliss-reactive ketones (excluding diaryl/α,β-unsaturated/α-hetero) is 2. The lowest BCUT2D eigenvalue weighted by Crippen LogP contribution is -2.31. The van der Waals surface area contributed by atoms with Crippen LogP contribution in [0.25, 0.3) is 0 Å². The summed E-state index contributed by atoms with van der Waals surface area (Å²) < 4.78 is 4.96. The highest BCUT2D eigenvalue weighted by molar-refractivity contribution is 6.08. The summed E-state index contributed by atoms with van der Waals surface area (Å²) in [5, 5.41) is 0. The number of ether oxygens (including phenoxy) is 1. The first-order valence-electron chi connectivity index (χ1n) is 5.21. The van der Waals surface area contributed by atoms with Crippen molar-refractivity contribution in [3.63, 3.8) is 0 Å². The zero-order chi connectivity index (χ0) is 10.3. The van der Waals surface area contributed by atoms with Crippen LogP contribution in [0, 0.1) is 11.3 Å². The van der Waals surface area contributed by atoms with E-state index in [1.165, 1.54) is 7.11 Å². The van der Waals surface area contributed by atoms with Crippen LogP contribution in [-0.4, -0.2) is 24.8 Å². The molecule has 0 heterocycles. The standard InChI is InChI=1S/C11H16O3/c1-7(14-2)9(12)8-3-4-11(5-6-11)10(8)13/h7-8H,3-6H2,1-2H3. The first kappa shape index (κ1) is 9.84. The molecule has 0 aromatic heterocycles. The van der Waals surface area contributed by atoms with Crippen molar-refractivity contribution >= 4 is 11.6 Å². The van der Waals surface area contributed by atoms with Gasteiger partial charge in [-0.2, -0.15) is 0 Å². The summed E-state index contributed by atoms with van der Waals surface area (Å²) in [6.45, 7) is 1.72. The van der Waals surface area contributed by atoms with Crippen molar-refractivity contribution in [2.75, 3.05) is 7.11 Å². The molecule has 2 rings (SSSR count). The van der Waals surface area contributed by atoms with Gasteiger partial charge in [0.15, 0.2) is 5.78 Å². The molecule has 2 saturated carbocycles.